The normalized spacial score (nSPS) is 11.8. The van der Waals surface area contributed by atoms with Gasteiger partial charge in [-0.05, 0) is 83.2 Å². The Morgan fingerprint density at radius 2 is 1.42 bits per heavy atom. The lowest BCUT2D eigenvalue weighted by molar-refractivity contribution is 0.0984. The minimum atomic E-state index is -0.153. The quantitative estimate of drug-likeness (QED) is 0.0805. The van der Waals surface area contributed by atoms with Crippen LogP contribution in [0.4, 0.5) is 0 Å². The second-order valence-corrected chi connectivity index (χ2v) is 13.7. The summed E-state index contributed by atoms with van der Waals surface area (Å²) in [6.45, 7) is 2.77. The minimum absolute atomic E-state index is 0.153. The number of rotatable bonds is 16. The lowest BCUT2D eigenvalue weighted by atomic mass is 10.0. The largest absolute Gasteiger partial charge is 0.493 e. The van der Waals surface area contributed by atoms with E-state index in [9.17, 15) is 4.79 Å². The molecule has 1 heterocycles. The molecule has 0 radical (unpaired) electrons. The van der Waals surface area contributed by atoms with E-state index >= 15 is 0 Å². The summed E-state index contributed by atoms with van der Waals surface area (Å²) in [5, 5.41) is 0. The molecule has 0 atom stereocenters. The van der Waals surface area contributed by atoms with Gasteiger partial charge in [0.05, 0.1) is 21.3 Å². The van der Waals surface area contributed by atoms with Crippen LogP contribution in [-0.4, -0.2) is 51.2 Å². The van der Waals surface area contributed by atoms with Gasteiger partial charge < -0.3 is 23.7 Å². The molecule has 8 nitrogen and oxygen atoms in total. The molecule has 0 saturated carbocycles. The van der Waals surface area contributed by atoms with Crippen LogP contribution in [0.3, 0.4) is 0 Å². The molecule has 1 aliphatic rings. The number of hydrogen-bond acceptors (Lipinski definition) is 9. The fourth-order valence-electron chi connectivity index (χ4n) is 5.70. The molecule has 1 N–H and O–H groups in total. The summed E-state index contributed by atoms with van der Waals surface area (Å²) in [4.78, 5) is 17.7. The number of nitrogens with one attached hydrogen (secondary N) is 1. The number of benzene rings is 5. The predicted molar refractivity (Wildman–Crippen MR) is 199 cm³/mol. The second-order valence-electron chi connectivity index (χ2n) is 11.6. The van der Waals surface area contributed by atoms with E-state index in [0.717, 1.165) is 52.9 Å². The molecule has 1 aliphatic heterocycles. The van der Waals surface area contributed by atoms with Crippen molar-refractivity contribution in [3.63, 3.8) is 0 Å². The van der Waals surface area contributed by atoms with Crippen molar-refractivity contribution >= 4 is 29.6 Å². The van der Waals surface area contributed by atoms with Crippen LogP contribution in [0.15, 0.2) is 119 Å². The molecule has 0 saturated heterocycles. The molecule has 0 bridgehead atoms. The zero-order chi connectivity index (χ0) is 34.7. The van der Waals surface area contributed by atoms with E-state index in [2.05, 4.69) is 70.3 Å². The van der Waals surface area contributed by atoms with Crippen LogP contribution in [-0.2, 0) is 19.5 Å². The molecular weight excluding hydrogens is 669 g/mol. The first-order chi connectivity index (χ1) is 24.5. The molecule has 0 unspecified atom stereocenters. The summed E-state index contributed by atoms with van der Waals surface area (Å²) in [5.74, 6) is 4.22. The maximum atomic E-state index is 13.0. The van der Waals surface area contributed by atoms with Gasteiger partial charge in [0, 0.05) is 52.7 Å². The van der Waals surface area contributed by atoms with E-state index < -0.39 is 0 Å². The highest BCUT2D eigenvalue weighted by molar-refractivity contribution is 7.99. The first-order valence-corrected chi connectivity index (χ1v) is 18.0. The maximum Gasteiger partial charge on any atom is 0.261 e. The number of carbonyl (C=O) groups excluding carboxylic acids is 1. The molecule has 5 aromatic carbocycles. The van der Waals surface area contributed by atoms with Gasteiger partial charge in [0.25, 0.3) is 5.91 Å². The number of carbonyl (C=O) groups is 1. The minimum Gasteiger partial charge on any atom is -0.493 e. The molecule has 50 heavy (non-hydrogen) atoms. The Morgan fingerprint density at radius 3 is 2.16 bits per heavy atom. The zero-order valence-electron chi connectivity index (χ0n) is 28.3. The van der Waals surface area contributed by atoms with E-state index in [1.807, 2.05) is 60.3 Å². The van der Waals surface area contributed by atoms with Gasteiger partial charge in [-0.1, -0.05) is 54.6 Å². The number of fused-ring (bicyclic) bond motifs is 1. The van der Waals surface area contributed by atoms with Crippen molar-refractivity contribution in [2.75, 3.05) is 40.4 Å². The van der Waals surface area contributed by atoms with E-state index in [1.54, 1.807) is 21.3 Å². The molecule has 0 fully saturated rings. The lowest BCUT2D eigenvalue weighted by Crippen LogP contribution is -2.25. The fraction of sp³-hybridized carbons (Fsp3) is 0.225. The van der Waals surface area contributed by atoms with Crippen LogP contribution >= 0.6 is 23.7 Å². The molecule has 1 amide bonds. The summed E-state index contributed by atoms with van der Waals surface area (Å²) in [5.41, 5.74) is 4.98. The highest BCUT2D eigenvalue weighted by Gasteiger charge is 2.17. The van der Waals surface area contributed by atoms with Crippen LogP contribution in [0.5, 0.6) is 28.7 Å². The van der Waals surface area contributed by atoms with Gasteiger partial charge in [0.1, 0.15) is 0 Å². The molecule has 0 aliphatic carbocycles. The smallest absolute Gasteiger partial charge is 0.261 e. The topological polar surface area (TPSA) is 78.5 Å². The van der Waals surface area contributed by atoms with Crippen LogP contribution in [0.25, 0.3) is 0 Å². The van der Waals surface area contributed by atoms with Crippen molar-refractivity contribution < 1.29 is 28.5 Å². The van der Waals surface area contributed by atoms with Gasteiger partial charge in [-0.25, -0.2) is 0 Å². The van der Waals surface area contributed by atoms with Crippen molar-refractivity contribution in [3.8, 4) is 28.7 Å². The second kappa shape index (κ2) is 17.2. The number of thioether (sulfide) groups is 1. The summed E-state index contributed by atoms with van der Waals surface area (Å²) >= 11 is 3.17. The van der Waals surface area contributed by atoms with Crippen LogP contribution < -0.4 is 28.4 Å². The number of ether oxygens (including phenoxy) is 5. The average molecular weight is 709 g/mol. The third-order valence-corrected chi connectivity index (χ3v) is 10.0. The lowest BCUT2D eigenvalue weighted by Gasteiger charge is -2.23. The monoisotopic (exact) mass is 708 g/mol. The third-order valence-electron chi connectivity index (χ3n) is 8.25. The maximum absolute atomic E-state index is 13.0. The van der Waals surface area contributed by atoms with Gasteiger partial charge >= 0.3 is 0 Å². The molecule has 6 rings (SSSR count). The van der Waals surface area contributed by atoms with Crippen LogP contribution in [0.2, 0.25) is 0 Å². The fourth-order valence-corrected chi connectivity index (χ4v) is 7.24. The molecule has 0 aromatic heterocycles. The number of hydrogen-bond donors (Lipinski definition) is 1. The Labute approximate surface area is 302 Å². The van der Waals surface area contributed by atoms with Crippen molar-refractivity contribution in [2.24, 2.45) is 0 Å². The Morgan fingerprint density at radius 1 is 0.720 bits per heavy atom. The molecular formula is C40H40N2O6S2. The van der Waals surface area contributed by atoms with Gasteiger partial charge in [0.2, 0.25) is 12.5 Å². The van der Waals surface area contributed by atoms with Gasteiger partial charge in [-0.2, -0.15) is 0 Å². The Hall–Kier alpha value is -4.77. The highest BCUT2D eigenvalue weighted by Crippen LogP contribution is 2.40. The van der Waals surface area contributed by atoms with Crippen molar-refractivity contribution in [3.05, 3.63) is 137 Å². The standard InChI is InChI=1S/C40H40N2O6S2/c1-44-36-20-16-32(38(45-2)39(36)46-3)23-28-9-14-31(15-10-28)40(43)41-50-34-17-11-29(12-18-34)25-42(21-22-49-33-7-5-4-6-8-33)26-30-13-19-35-37(24-30)48-27-47-35/h4-20,24H,21-23,25-27H2,1-3H3,(H,41,43). The van der Waals surface area contributed by atoms with Crippen LogP contribution in [0.1, 0.15) is 32.6 Å². The van der Waals surface area contributed by atoms with Gasteiger partial charge in [-0.15, -0.1) is 11.8 Å². The van der Waals surface area contributed by atoms with E-state index in [4.69, 9.17) is 23.7 Å². The predicted octanol–water partition coefficient (Wildman–Crippen LogP) is 8.26. The Balaban J connectivity index is 1.03. The molecule has 5 aromatic rings. The number of nitrogens with zero attached hydrogens (tertiary/aromatic N) is 1. The first kappa shape index (κ1) is 35.1. The van der Waals surface area contributed by atoms with Gasteiger partial charge in [0.15, 0.2) is 23.0 Å². The molecule has 258 valence electrons. The third kappa shape index (κ3) is 9.06. The van der Waals surface area contributed by atoms with Crippen LogP contribution in [0, 0.1) is 0 Å². The number of methoxy groups -OCH3 is 3. The number of amides is 1. The summed E-state index contributed by atoms with van der Waals surface area (Å²) in [6.07, 6.45) is 0.618. The van der Waals surface area contributed by atoms with E-state index in [0.29, 0.717) is 29.2 Å². The molecule has 10 heteroatoms. The summed E-state index contributed by atoms with van der Waals surface area (Å²) in [7, 11) is 4.81. The average Bonchev–Trinajstić information content (AvgIpc) is 3.63. The summed E-state index contributed by atoms with van der Waals surface area (Å²) < 4.78 is 30.7. The SMILES string of the molecule is COc1ccc(Cc2ccc(C(=O)NSc3ccc(CN(CCSc4ccccc4)Cc4ccc5c(c4)OCO5)cc3)cc2)c(OC)c1OC. The zero-order valence-corrected chi connectivity index (χ0v) is 30.0. The Bertz CT molecular complexity index is 1870. The van der Waals surface area contributed by atoms with Crippen molar-refractivity contribution in [1.82, 2.24) is 9.62 Å². The first-order valence-electron chi connectivity index (χ1n) is 16.2. The van der Waals surface area contributed by atoms with E-state index in [1.165, 1.54) is 28.0 Å². The van der Waals surface area contributed by atoms with Gasteiger partial charge in [-0.3, -0.25) is 14.4 Å². The Kier molecular flexibility index (Phi) is 12.1. The van der Waals surface area contributed by atoms with E-state index in [-0.39, 0.29) is 12.7 Å². The highest BCUT2D eigenvalue weighted by atomic mass is 32.2. The summed E-state index contributed by atoms with van der Waals surface area (Å²) in [6, 6.07) is 36.4. The van der Waals surface area contributed by atoms with Crippen molar-refractivity contribution in [1.29, 1.82) is 0 Å². The van der Waals surface area contributed by atoms with Crippen molar-refractivity contribution in [2.45, 2.75) is 29.3 Å². The molecule has 0 spiro atoms.